The number of H-pyrrole nitrogens is 1. The zero-order valence-electron chi connectivity index (χ0n) is 21.6. The van der Waals surface area contributed by atoms with Crippen molar-refractivity contribution in [1.82, 2.24) is 24.3 Å². The van der Waals surface area contributed by atoms with Crippen molar-refractivity contribution in [3.63, 3.8) is 0 Å². The van der Waals surface area contributed by atoms with Crippen LogP contribution in [0, 0.1) is 6.92 Å². The van der Waals surface area contributed by atoms with Gasteiger partial charge in [0.05, 0.1) is 22.4 Å². The highest BCUT2D eigenvalue weighted by atomic mass is 15.3. The number of hydrogen-bond acceptors (Lipinski definition) is 4. The lowest BCUT2D eigenvalue weighted by Crippen LogP contribution is -2.46. The molecule has 1 aliphatic rings. The van der Waals surface area contributed by atoms with Gasteiger partial charge in [0.2, 0.25) is 0 Å². The van der Waals surface area contributed by atoms with E-state index in [4.69, 9.17) is 9.97 Å². The van der Waals surface area contributed by atoms with Gasteiger partial charge in [-0.05, 0) is 47.7 Å². The second-order valence-electron chi connectivity index (χ2n) is 11.0. The highest BCUT2D eigenvalue weighted by Crippen LogP contribution is 2.30. The maximum Gasteiger partial charge on any atom is 0.138 e. The number of aromatic amines is 1. The van der Waals surface area contributed by atoms with Crippen molar-refractivity contribution < 1.29 is 0 Å². The second-order valence-corrected chi connectivity index (χ2v) is 11.0. The molecule has 1 aliphatic heterocycles. The van der Waals surface area contributed by atoms with Gasteiger partial charge < -0.3 is 14.3 Å². The Kier molecular flexibility index (Phi) is 5.56. The summed E-state index contributed by atoms with van der Waals surface area (Å²) in [6, 6.07) is 19.5. The van der Waals surface area contributed by atoms with Crippen LogP contribution in [0.3, 0.4) is 0 Å². The van der Waals surface area contributed by atoms with Gasteiger partial charge in [-0.2, -0.15) is 0 Å². The summed E-state index contributed by atoms with van der Waals surface area (Å²) in [6.07, 6.45) is 4.25. The number of benzene rings is 2. The third kappa shape index (κ3) is 4.37. The van der Waals surface area contributed by atoms with Gasteiger partial charge in [-0.1, -0.05) is 51.1 Å². The van der Waals surface area contributed by atoms with Gasteiger partial charge in [0, 0.05) is 50.7 Å². The van der Waals surface area contributed by atoms with Crippen LogP contribution in [0.15, 0.2) is 67.0 Å². The average molecular weight is 479 g/mol. The molecule has 0 unspecified atom stereocenters. The molecular formula is C30H34N6. The number of nitrogens with zero attached hydrogens (tertiary/aromatic N) is 5. The van der Waals surface area contributed by atoms with Crippen molar-refractivity contribution in [2.45, 2.75) is 39.7 Å². The highest BCUT2D eigenvalue weighted by Gasteiger charge is 2.21. The molecule has 0 radical (unpaired) electrons. The topological polar surface area (TPSA) is 52.5 Å². The van der Waals surface area contributed by atoms with E-state index >= 15 is 0 Å². The van der Waals surface area contributed by atoms with Gasteiger partial charge in [-0.15, -0.1) is 0 Å². The Morgan fingerprint density at radius 3 is 2.44 bits per heavy atom. The van der Waals surface area contributed by atoms with Crippen LogP contribution in [-0.4, -0.2) is 50.4 Å². The molecule has 6 nitrogen and oxygen atoms in total. The summed E-state index contributed by atoms with van der Waals surface area (Å²) in [7, 11) is 0. The molecule has 36 heavy (non-hydrogen) atoms. The van der Waals surface area contributed by atoms with Crippen LogP contribution in [-0.2, 0) is 12.0 Å². The molecule has 0 bridgehead atoms. The van der Waals surface area contributed by atoms with Crippen LogP contribution >= 0.6 is 0 Å². The Hall–Kier alpha value is -3.64. The summed E-state index contributed by atoms with van der Waals surface area (Å²) >= 11 is 0. The van der Waals surface area contributed by atoms with Crippen molar-refractivity contribution in [1.29, 1.82) is 0 Å². The monoisotopic (exact) mass is 478 g/mol. The largest absolute Gasteiger partial charge is 0.367 e. The van der Waals surface area contributed by atoms with Crippen molar-refractivity contribution in [2.75, 3.05) is 31.1 Å². The standard InChI is InChI=1S/C30H34N6/c1-21-12-13-36-20-24(31-27(36)18-21)19-34-14-16-35(17-15-34)26-7-5-6-25-28(26)33-29(32-25)22-8-10-23(11-9-22)30(2,3)4/h5-13,18,20H,14-17,19H2,1-4H3,(H,32,33). The van der Waals surface area contributed by atoms with Crippen LogP contribution in [0.1, 0.15) is 37.6 Å². The molecule has 0 atom stereocenters. The number of pyridine rings is 1. The van der Waals surface area contributed by atoms with Crippen molar-refractivity contribution in [2.24, 2.45) is 0 Å². The smallest absolute Gasteiger partial charge is 0.138 e. The van der Waals surface area contributed by atoms with E-state index in [1.54, 1.807) is 0 Å². The molecule has 184 valence electrons. The summed E-state index contributed by atoms with van der Waals surface area (Å²) < 4.78 is 2.12. The van der Waals surface area contributed by atoms with Gasteiger partial charge in [-0.25, -0.2) is 9.97 Å². The van der Waals surface area contributed by atoms with E-state index in [-0.39, 0.29) is 5.41 Å². The maximum atomic E-state index is 4.92. The number of imidazole rings is 2. The molecule has 6 heteroatoms. The van der Waals surface area contributed by atoms with Gasteiger partial charge in [0.15, 0.2) is 0 Å². The molecule has 0 spiro atoms. The van der Waals surface area contributed by atoms with Crippen LogP contribution in [0.2, 0.25) is 0 Å². The maximum absolute atomic E-state index is 4.92. The normalized spacial score (nSPS) is 15.3. The number of hydrogen-bond donors (Lipinski definition) is 1. The van der Waals surface area contributed by atoms with E-state index < -0.39 is 0 Å². The fourth-order valence-electron chi connectivity index (χ4n) is 5.13. The molecule has 1 fully saturated rings. The SMILES string of the molecule is Cc1ccn2cc(CN3CCN(c4cccc5nc(-c6ccc(C(C)(C)C)cc6)[nH]c45)CC3)nc2c1. The third-order valence-electron chi connectivity index (χ3n) is 7.28. The van der Waals surface area contributed by atoms with E-state index in [1.807, 2.05) is 0 Å². The quantitative estimate of drug-likeness (QED) is 0.354. The van der Waals surface area contributed by atoms with E-state index in [2.05, 4.69) is 114 Å². The van der Waals surface area contributed by atoms with Crippen LogP contribution < -0.4 is 4.90 Å². The molecule has 0 amide bonds. The van der Waals surface area contributed by atoms with E-state index in [0.29, 0.717) is 0 Å². The lowest BCUT2D eigenvalue weighted by molar-refractivity contribution is 0.247. The zero-order chi connectivity index (χ0) is 24.9. The average Bonchev–Trinajstić information content (AvgIpc) is 3.47. The molecule has 1 N–H and O–H groups in total. The molecule has 0 saturated carbocycles. The number of rotatable bonds is 4. The van der Waals surface area contributed by atoms with E-state index in [1.165, 1.54) is 16.8 Å². The summed E-state index contributed by atoms with van der Waals surface area (Å²) in [6.45, 7) is 13.7. The number of fused-ring (bicyclic) bond motifs is 2. The second kappa shape index (κ2) is 8.79. The van der Waals surface area contributed by atoms with Crippen molar-refractivity contribution >= 4 is 22.4 Å². The minimum atomic E-state index is 0.145. The molecule has 4 heterocycles. The predicted molar refractivity (Wildman–Crippen MR) is 148 cm³/mol. The van der Waals surface area contributed by atoms with Crippen LogP contribution in [0.25, 0.3) is 28.1 Å². The Bertz CT molecular complexity index is 1510. The summed E-state index contributed by atoms with van der Waals surface area (Å²) in [5.41, 5.74) is 9.38. The number of aromatic nitrogens is 4. The fraction of sp³-hybridized carbons (Fsp3) is 0.333. The minimum absolute atomic E-state index is 0.145. The molecule has 6 rings (SSSR count). The Labute approximate surface area is 212 Å². The molecule has 3 aromatic heterocycles. The molecule has 2 aromatic carbocycles. The predicted octanol–water partition coefficient (Wildman–Crippen LogP) is 5.81. The lowest BCUT2D eigenvalue weighted by Gasteiger charge is -2.35. The minimum Gasteiger partial charge on any atom is -0.367 e. The van der Waals surface area contributed by atoms with Gasteiger partial charge in [-0.3, -0.25) is 4.90 Å². The summed E-state index contributed by atoms with van der Waals surface area (Å²) in [4.78, 5) is 18.4. The van der Waals surface area contributed by atoms with Gasteiger partial charge >= 0.3 is 0 Å². The van der Waals surface area contributed by atoms with Crippen molar-refractivity contribution in [3.8, 4) is 11.4 Å². The zero-order valence-corrected chi connectivity index (χ0v) is 21.6. The first-order chi connectivity index (χ1) is 17.3. The van der Waals surface area contributed by atoms with Crippen LogP contribution in [0.5, 0.6) is 0 Å². The number of piperazine rings is 1. The Morgan fingerprint density at radius 2 is 1.69 bits per heavy atom. The summed E-state index contributed by atoms with van der Waals surface area (Å²) in [5.74, 6) is 0.929. The first-order valence-electron chi connectivity index (χ1n) is 12.8. The van der Waals surface area contributed by atoms with Crippen LogP contribution in [0.4, 0.5) is 5.69 Å². The molecule has 5 aromatic rings. The Morgan fingerprint density at radius 1 is 0.917 bits per heavy atom. The first kappa shape index (κ1) is 22.8. The van der Waals surface area contributed by atoms with E-state index in [9.17, 15) is 0 Å². The molecule has 0 aliphatic carbocycles. The molecular weight excluding hydrogens is 444 g/mol. The van der Waals surface area contributed by atoms with Gasteiger partial charge in [0.25, 0.3) is 0 Å². The van der Waals surface area contributed by atoms with Crippen molar-refractivity contribution in [3.05, 3.63) is 83.8 Å². The number of aryl methyl sites for hydroxylation is 1. The number of para-hydroxylation sites is 1. The first-order valence-corrected chi connectivity index (χ1v) is 12.8. The third-order valence-corrected chi connectivity index (χ3v) is 7.28. The fourth-order valence-corrected chi connectivity index (χ4v) is 5.13. The van der Waals surface area contributed by atoms with E-state index in [0.717, 1.165) is 66.5 Å². The summed E-state index contributed by atoms with van der Waals surface area (Å²) in [5, 5.41) is 0. The number of nitrogens with one attached hydrogen (secondary N) is 1. The molecule has 1 saturated heterocycles. The highest BCUT2D eigenvalue weighted by molar-refractivity contribution is 5.91. The number of anilines is 1. The Balaban J connectivity index is 1.17. The van der Waals surface area contributed by atoms with Gasteiger partial charge in [0.1, 0.15) is 11.5 Å². The lowest BCUT2D eigenvalue weighted by atomic mass is 9.87.